The molecule has 0 radical (unpaired) electrons. The van der Waals surface area contributed by atoms with E-state index in [2.05, 4.69) is 6.92 Å². The number of benzene rings is 1. The van der Waals surface area contributed by atoms with Crippen LogP contribution in [0.3, 0.4) is 0 Å². The van der Waals surface area contributed by atoms with Crippen molar-refractivity contribution in [2.24, 2.45) is 0 Å². The van der Waals surface area contributed by atoms with Crippen molar-refractivity contribution in [1.29, 1.82) is 0 Å². The Morgan fingerprint density at radius 3 is 2.27 bits per heavy atom. The number of hydrogen-bond acceptors (Lipinski definition) is 2. The third-order valence-electron chi connectivity index (χ3n) is 2.58. The summed E-state index contributed by atoms with van der Waals surface area (Å²) in [5.41, 5.74) is 2.25. The zero-order valence-electron chi connectivity index (χ0n) is 9.33. The Balaban J connectivity index is 0.00000196. The Kier molecular flexibility index (Phi) is 5.74. The van der Waals surface area contributed by atoms with E-state index >= 15 is 0 Å². The summed E-state index contributed by atoms with van der Waals surface area (Å²) >= 11 is 0. The molecular formula is C12H16NiO2. The molecule has 15 heavy (non-hydrogen) atoms. The number of hydrogen-bond donors (Lipinski definition) is 0. The van der Waals surface area contributed by atoms with E-state index in [1.807, 2.05) is 6.07 Å². The molecule has 0 atom stereocenters. The Bertz CT molecular complexity index is 335. The van der Waals surface area contributed by atoms with Crippen LogP contribution in [-0.4, -0.2) is 0 Å². The van der Waals surface area contributed by atoms with Gasteiger partial charge in [-0.05, 0) is 32.3 Å². The normalized spacial score (nSPS) is 9.80. The van der Waals surface area contributed by atoms with Crippen molar-refractivity contribution < 1.29 is 26.7 Å². The summed E-state index contributed by atoms with van der Waals surface area (Å²) < 4.78 is 0. The van der Waals surface area contributed by atoms with Crippen molar-refractivity contribution in [2.45, 2.75) is 40.0 Å². The molecule has 0 bridgehead atoms. The first-order valence-corrected chi connectivity index (χ1v) is 5.05. The molecule has 1 rings (SSSR count). The molecule has 0 saturated heterocycles. The van der Waals surface area contributed by atoms with Crippen LogP contribution in [-0.2, 0) is 22.9 Å². The van der Waals surface area contributed by atoms with E-state index < -0.39 is 0 Å². The van der Waals surface area contributed by atoms with Gasteiger partial charge >= 0.3 is 16.5 Å². The predicted molar refractivity (Wildman–Crippen MR) is 53.4 cm³/mol. The van der Waals surface area contributed by atoms with Crippen LogP contribution in [0.5, 0.6) is 11.5 Å². The first-order chi connectivity index (χ1) is 6.57. The molecule has 0 unspecified atom stereocenters. The molecule has 0 fully saturated rings. The van der Waals surface area contributed by atoms with Crippen LogP contribution >= 0.6 is 0 Å². The molecule has 0 saturated carbocycles. The fraction of sp³-hybridized carbons (Fsp3) is 0.500. The molecule has 86 valence electrons. The molecule has 0 aliphatic rings. The summed E-state index contributed by atoms with van der Waals surface area (Å²) in [6, 6.07) is 1.86. The second-order valence-corrected chi connectivity index (χ2v) is 3.74. The summed E-state index contributed by atoms with van der Waals surface area (Å²) in [5, 5.41) is 22.8. The van der Waals surface area contributed by atoms with Crippen molar-refractivity contribution in [3.05, 3.63) is 22.8 Å². The van der Waals surface area contributed by atoms with Gasteiger partial charge in [0, 0.05) is 0 Å². The van der Waals surface area contributed by atoms with Crippen molar-refractivity contribution >= 4 is 0 Å². The average Bonchev–Trinajstić information content (AvgIpc) is 2.18. The Hall–Kier alpha value is -0.686. The summed E-state index contributed by atoms with van der Waals surface area (Å²) in [4.78, 5) is 0. The van der Waals surface area contributed by atoms with E-state index in [1.165, 1.54) is 0 Å². The molecule has 0 aromatic heterocycles. The van der Waals surface area contributed by atoms with Crippen LogP contribution < -0.4 is 10.2 Å². The second kappa shape index (κ2) is 6.02. The monoisotopic (exact) mass is 250 g/mol. The van der Waals surface area contributed by atoms with Gasteiger partial charge in [-0.15, -0.1) is 11.5 Å². The molecule has 0 aliphatic carbocycles. The fourth-order valence-corrected chi connectivity index (χ4v) is 1.56. The topological polar surface area (TPSA) is 46.1 Å². The van der Waals surface area contributed by atoms with E-state index in [1.54, 1.807) is 13.8 Å². The first kappa shape index (κ1) is 14.3. The van der Waals surface area contributed by atoms with E-state index in [-0.39, 0.29) is 28.0 Å². The molecule has 0 amide bonds. The summed E-state index contributed by atoms with van der Waals surface area (Å²) in [7, 11) is 0. The van der Waals surface area contributed by atoms with Crippen LogP contribution in [0.4, 0.5) is 0 Å². The van der Waals surface area contributed by atoms with Gasteiger partial charge in [0.15, 0.2) is 0 Å². The van der Waals surface area contributed by atoms with Crippen LogP contribution in [0.1, 0.15) is 36.5 Å². The minimum atomic E-state index is -0.345. The number of aryl methyl sites for hydroxylation is 2. The van der Waals surface area contributed by atoms with E-state index in [4.69, 9.17) is 0 Å². The van der Waals surface area contributed by atoms with Crippen molar-refractivity contribution in [3.63, 3.8) is 0 Å². The summed E-state index contributed by atoms with van der Waals surface area (Å²) in [5.74, 6) is -0.668. The molecule has 3 heteroatoms. The third kappa shape index (κ3) is 3.14. The second-order valence-electron chi connectivity index (χ2n) is 3.74. The van der Waals surface area contributed by atoms with E-state index in [0.29, 0.717) is 11.1 Å². The maximum Gasteiger partial charge on any atom is 2.00 e. The van der Waals surface area contributed by atoms with E-state index in [0.717, 1.165) is 24.8 Å². The number of unbranched alkanes of at least 4 members (excludes halogenated alkanes) is 1. The van der Waals surface area contributed by atoms with Gasteiger partial charge in [0.05, 0.1) is 0 Å². The molecule has 0 N–H and O–H groups in total. The van der Waals surface area contributed by atoms with Crippen LogP contribution in [0.25, 0.3) is 0 Å². The predicted octanol–water partition coefficient (Wildman–Crippen LogP) is 1.79. The Morgan fingerprint density at radius 1 is 1.13 bits per heavy atom. The van der Waals surface area contributed by atoms with Gasteiger partial charge in [-0.25, -0.2) is 0 Å². The van der Waals surface area contributed by atoms with Crippen LogP contribution in [0.2, 0.25) is 0 Å². The minimum Gasteiger partial charge on any atom is -0.873 e. The zero-order valence-corrected chi connectivity index (χ0v) is 10.3. The van der Waals surface area contributed by atoms with Crippen molar-refractivity contribution in [1.82, 2.24) is 0 Å². The van der Waals surface area contributed by atoms with Gasteiger partial charge < -0.3 is 10.2 Å². The summed E-state index contributed by atoms with van der Waals surface area (Å²) in [6.45, 7) is 5.56. The first-order valence-electron chi connectivity index (χ1n) is 5.05. The Labute approximate surface area is 101 Å². The van der Waals surface area contributed by atoms with Crippen molar-refractivity contribution in [3.8, 4) is 11.5 Å². The molecule has 0 heterocycles. The van der Waals surface area contributed by atoms with Gasteiger partial charge in [0.25, 0.3) is 0 Å². The SMILES string of the molecule is CCCCc1cc(C)c([O-])c([O-])c1C.[Ni+2]. The molecule has 0 aliphatic heterocycles. The Morgan fingerprint density at radius 2 is 1.73 bits per heavy atom. The number of rotatable bonds is 3. The zero-order chi connectivity index (χ0) is 10.7. The van der Waals surface area contributed by atoms with Gasteiger partial charge in [0.2, 0.25) is 0 Å². The van der Waals surface area contributed by atoms with E-state index in [9.17, 15) is 10.2 Å². The standard InChI is InChI=1S/C12H18O2.Ni/c1-4-5-6-10-7-8(2)11(13)12(14)9(10)3;/h7,13-14H,4-6H2,1-3H3;/q;+2/p-2. The van der Waals surface area contributed by atoms with Gasteiger partial charge in [0.1, 0.15) is 0 Å². The minimum absolute atomic E-state index is 0. The third-order valence-corrected chi connectivity index (χ3v) is 2.58. The largest absolute Gasteiger partial charge is 2.00 e. The molecule has 1 aromatic rings. The summed E-state index contributed by atoms with van der Waals surface area (Å²) in [6.07, 6.45) is 3.07. The smallest absolute Gasteiger partial charge is 0.873 e. The maximum absolute atomic E-state index is 11.5. The maximum atomic E-state index is 11.5. The molecule has 2 nitrogen and oxygen atoms in total. The molecule has 0 spiro atoms. The van der Waals surface area contributed by atoms with Crippen LogP contribution in [0, 0.1) is 13.8 Å². The van der Waals surface area contributed by atoms with Crippen LogP contribution in [0.15, 0.2) is 6.07 Å². The van der Waals surface area contributed by atoms with Crippen molar-refractivity contribution in [2.75, 3.05) is 0 Å². The fourth-order valence-electron chi connectivity index (χ4n) is 1.56. The molecule has 1 aromatic carbocycles. The van der Waals surface area contributed by atoms with Gasteiger partial charge in [-0.3, -0.25) is 0 Å². The van der Waals surface area contributed by atoms with Gasteiger partial charge in [-0.2, -0.15) is 0 Å². The molecular weight excluding hydrogens is 235 g/mol. The quantitative estimate of drug-likeness (QED) is 0.768. The van der Waals surface area contributed by atoms with Gasteiger partial charge in [-0.1, -0.05) is 30.5 Å². The average molecular weight is 251 g/mol.